The number of esters is 1. The Hall–Kier alpha value is -1.73. The highest BCUT2D eigenvalue weighted by molar-refractivity contribution is 8.00. The van der Waals surface area contributed by atoms with Crippen LogP contribution in [-0.4, -0.2) is 42.6 Å². The summed E-state index contributed by atoms with van der Waals surface area (Å²) in [6.45, 7) is 2.08. The average Bonchev–Trinajstić information content (AvgIpc) is 2.87. The van der Waals surface area contributed by atoms with Crippen LogP contribution >= 0.6 is 11.8 Å². The second-order valence-corrected chi connectivity index (χ2v) is 6.42. The van der Waals surface area contributed by atoms with Crippen molar-refractivity contribution in [2.45, 2.75) is 30.1 Å². The summed E-state index contributed by atoms with van der Waals surface area (Å²) in [5, 5.41) is -0.188. The van der Waals surface area contributed by atoms with Crippen LogP contribution in [0.4, 0.5) is 4.79 Å². The molecule has 1 aromatic rings. The third-order valence-corrected chi connectivity index (χ3v) is 4.84. The van der Waals surface area contributed by atoms with E-state index in [9.17, 15) is 9.59 Å². The molecule has 1 aliphatic heterocycles. The lowest BCUT2D eigenvalue weighted by Crippen LogP contribution is -2.31. The normalized spacial score (nSPS) is 24.0. The van der Waals surface area contributed by atoms with E-state index in [1.165, 1.54) is 11.8 Å². The highest BCUT2D eigenvalue weighted by Crippen LogP contribution is 2.36. The molecule has 1 amide bonds. The molecule has 120 valence electrons. The van der Waals surface area contributed by atoms with E-state index in [0.29, 0.717) is 12.0 Å². The maximum atomic E-state index is 12.0. The SMILES string of the molecule is COC1C[C@H](OC(N)=O)[C@@H](COC(=O)c2ccc(C)cc2)S1. The van der Waals surface area contributed by atoms with Crippen molar-refractivity contribution in [1.29, 1.82) is 0 Å². The Morgan fingerprint density at radius 3 is 2.59 bits per heavy atom. The molecule has 0 spiro atoms. The summed E-state index contributed by atoms with van der Waals surface area (Å²) >= 11 is 1.47. The number of carbonyl (C=O) groups excluding carboxylic acids is 2. The molecule has 1 aliphatic rings. The Kier molecular flexibility index (Phi) is 5.68. The molecule has 2 rings (SSSR count). The molecular formula is C15H19NO5S. The van der Waals surface area contributed by atoms with Gasteiger partial charge in [0.15, 0.2) is 0 Å². The van der Waals surface area contributed by atoms with Crippen LogP contribution in [0.15, 0.2) is 24.3 Å². The first-order valence-electron chi connectivity index (χ1n) is 6.87. The van der Waals surface area contributed by atoms with Gasteiger partial charge in [0.05, 0.1) is 10.8 Å². The van der Waals surface area contributed by atoms with Crippen molar-refractivity contribution >= 4 is 23.8 Å². The molecule has 1 unspecified atom stereocenters. The van der Waals surface area contributed by atoms with Crippen LogP contribution in [0.5, 0.6) is 0 Å². The summed E-state index contributed by atoms with van der Waals surface area (Å²) in [4.78, 5) is 22.9. The van der Waals surface area contributed by atoms with Gasteiger partial charge in [0.1, 0.15) is 18.1 Å². The van der Waals surface area contributed by atoms with E-state index < -0.39 is 18.2 Å². The molecule has 0 aliphatic carbocycles. The number of rotatable bonds is 5. The van der Waals surface area contributed by atoms with Crippen molar-refractivity contribution in [2.24, 2.45) is 5.73 Å². The van der Waals surface area contributed by atoms with Crippen molar-refractivity contribution in [3.63, 3.8) is 0 Å². The Labute approximate surface area is 133 Å². The summed E-state index contributed by atoms with van der Waals surface area (Å²) in [6, 6.07) is 7.13. The summed E-state index contributed by atoms with van der Waals surface area (Å²) in [7, 11) is 1.58. The summed E-state index contributed by atoms with van der Waals surface area (Å²) in [5.74, 6) is -0.403. The van der Waals surface area contributed by atoms with E-state index in [1.54, 1.807) is 19.2 Å². The predicted molar refractivity (Wildman–Crippen MR) is 82.7 cm³/mol. The van der Waals surface area contributed by atoms with E-state index in [0.717, 1.165) is 5.56 Å². The largest absolute Gasteiger partial charge is 0.461 e. The van der Waals surface area contributed by atoms with Crippen LogP contribution in [0, 0.1) is 6.92 Å². The van der Waals surface area contributed by atoms with Gasteiger partial charge in [-0.15, -0.1) is 11.8 Å². The lowest BCUT2D eigenvalue weighted by atomic mass is 10.1. The third-order valence-electron chi connectivity index (χ3n) is 3.36. The molecule has 0 aromatic heterocycles. The minimum absolute atomic E-state index is 0.104. The second-order valence-electron chi connectivity index (χ2n) is 5.02. The van der Waals surface area contributed by atoms with E-state index in [2.05, 4.69) is 0 Å². The van der Waals surface area contributed by atoms with Gasteiger partial charge in [-0.3, -0.25) is 0 Å². The van der Waals surface area contributed by atoms with Gasteiger partial charge < -0.3 is 19.9 Å². The zero-order valence-electron chi connectivity index (χ0n) is 12.5. The molecule has 1 fully saturated rings. The number of ether oxygens (including phenoxy) is 3. The van der Waals surface area contributed by atoms with Crippen molar-refractivity contribution in [3.8, 4) is 0 Å². The molecule has 1 saturated heterocycles. The molecule has 0 radical (unpaired) electrons. The van der Waals surface area contributed by atoms with Gasteiger partial charge in [-0.05, 0) is 19.1 Å². The number of nitrogens with two attached hydrogens (primary N) is 1. The van der Waals surface area contributed by atoms with Crippen molar-refractivity contribution < 1.29 is 23.8 Å². The molecule has 7 heteroatoms. The number of benzene rings is 1. The van der Waals surface area contributed by atoms with Gasteiger partial charge in [-0.2, -0.15) is 0 Å². The third kappa shape index (κ3) is 4.38. The molecule has 1 heterocycles. The van der Waals surface area contributed by atoms with Gasteiger partial charge >= 0.3 is 12.1 Å². The van der Waals surface area contributed by atoms with E-state index in [4.69, 9.17) is 19.9 Å². The standard InChI is InChI=1S/C15H19NO5S/c1-9-3-5-10(6-4-9)14(17)20-8-12-11(21-15(16)18)7-13(19-2)22-12/h3-6,11-13H,7-8H2,1-2H3,(H2,16,18)/t11-,12+,13?/m0/s1. The number of methoxy groups -OCH3 is 1. The van der Waals surface area contributed by atoms with Crippen molar-refractivity contribution in [3.05, 3.63) is 35.4 Å². The van der Waals surface area contributed by atoms with Gasteiger partial charge in [-0.25, -0.2) is 9.59 Å². The zero-order valence-corrected chi connectivity index (χ0v) is 13.3. The second kappa shape index (κ2) is 7.51. The first-order valence-corrected chi connectivity index (χ1v) is 7.82. The molecule has 3 atom stereocenters. The quantitative estimate of drug-likeness (QED) is 0.834. The lowest BCUT2D eigenvalue weighted by Gasteiger charge is -2.17. The van der Waals surface area contributed by atoms with Gasteiger partial charge in [-0.1, -0.05) is 17.7 Å². The molecule has 1 aromatic carbocycles. The van der Waals surface area contributed by atoms with Crippen LogP contribution in [0.3, 0.4) is 0 Å². The summed E-state index contributed by atoms with van der Waals surface area (Å²) < 4.78 is 15.6. The fourth-order valence-electron chi connectivity index (χ4n) is 2.18. The topological polar surface area (TPSA) is 87.8 Å². The maximum absolute atomic E-state index is 12.0. The monoisotopic (exact) mass is 325 g/mol. The fraction of sp³-hybridized carbons (Fsp3) is 0.467. The van der Waals surface area contributed by atoms with Gasteiger partial charge in [0, 0.05) is 13.5 Å². The predicted octanol–water partition coefficient (Wildman–Crippen LogP) is 2.09. The fourth-order valence-corrected chi connectivity index (χ4v) is 3.47. The minimum atomic E-state index is -0.836. The van der Waals surface area contributed by atoms with Gasteiger partial charge in [0.2, 0.25) is 0 Å². The highest BCUT2D eigenvalue weighted by Gasteiger charge is 2.38. The maximum Gasteiger partial charge on any atom is 0.404 e. The number of amides is 1. The molecule has 6 nitrogen and oxygen atoms in total. The van der Waals surface area contributed by atoms with Crippen molar-refractivity contribution in [2.75, 3.05) is 13.7 Å². The molecule has 0 bridgehead atoms. The molecule has 2 N–H and O–H groups in total. The minimum Gasteiger partial charge on any atom is -0.461 e. The number of aryl methyl sites for hydroxylation is 1. The number of thioether (sulfide) groups is 1. The highest BCUT2D eigenvalue weighted by atomic mass is 32.2. The number of hydrogen-bond donors (Lipinski definition) is 1. The number of primary amides is 1. The van der Waals surface area contributed by atoms with E-state index >= 15 is 0 Å². The Bertz CT molecular complexity index is 533. The number of carbonyl (C=O) groups is 2. The first kappa shape index (κ1) is 16.6. The van der Waals surface area contributed by atoms with Crippen LogP contribution in [-0.2, 0) is 14.2 Å². The van der Waals surface area contributed by atoms with Crippen LogP contribution < -0.4 is 5.73 Å². The zero-order chi connectivity index (χ0) is 16.1. The average molecular weight is 325 g/mol. The van der Waals surface area contributed by atoms with Crippen LogP contribution in [0.2, 0.25) is 0 Å². The Morgan fingerprint density at radius 1 is 1.32 bits per heavy atom. The molecular weight excluding hydrogens is 306 g/mol. The van der Waals surface area contributed by atoms with E-state index in [1.807, 2.05) is 19.1 Å². The Balaban J connectivity index is 1.92. The van der Waals surface area contributed by atoms with Crippen LogP contribution in [0.25, 0.3) is 0 Å². The van der Waals surface area contributed by atoms with Gasteiger partial charge in [0.25, 0.3) is 0 Å². The van der Waals surface area contributed by atoms with E-state index in [-0.39, 0.29) is 17.3 Å². The summed E-state index contributed by atoms with van der Waals surface area (Å²) in [6.07, 6.45) is -0.730. The first-order chi connectivity index (χ1) is 10.5. The number of hydrogen-bond acceptors (Lipinski definition) is 6. The lowest BCUT2D eigenvalue weighted by molar-refractivity contribution is 0.0401. The molecule has 22 heavy (non-hydrogen) atoms. The smallest absolute Gasteiger partial charge is 0.404 e. The van der Waals surface area contributed by atoms with Crippen LogP contribution in [0.1, 0.15) is 22.3 Å². The van der Waals surface area contributed by atoms with Crippen molar-refractivity contribution in [1.82, 2.24) is 0 Å². The Morgan fingerprint density at radius 2 is 2.00 bits per heavy atom. The summed E-state index contributed by atoms with van der Waals surface area (Å²) in [5.41, 5.74) is 6.52. The molecule has 0 saturated carbocycles.